The van der Waals surface area contributed by atoms with E-state index in [1.165, 1.54) is 0 Å². The van der Waals surface area contributed by atoms with E-state index in [0.29, 0.717) is 50.0 Å². The SMILES string of the molecule is Cc1cc(/C(O)=C2/C(=O)C(=O)N(CCN3CCOCC3)C2c2cccnc2)ccc1OCC(C)C. The van der Waals surface area contributed by atoms with E-state index in [1.807, 2.05) is 13.0 Å². The maximum atomic E-state index is 13.2. The summed E-state index contributed by atoms with van der Waals surface area (Å²) < 4.78 is 11.3. The van der Waals surface area contributed by atoms with Gasteiger partial charge in [0.1, 0.15) is 11.5 Å². The van der Waals surface area contributed by atoms with E-state index in [-0.39, 0.29) is 11.3 Å². The van der Waals surface area contributed by atoms with Crippen LogP contribution in [0, 0.1) is 12.8 Å². The molecule has 1 atom stereocenters. The molecule has 1 N–H and O–H groups in total. The summed E-state index contributed by atoms with van der Waals surface area (Å²) >= 11 is 0. The zero-order valence-corrected chi connectivity index (χ0v) is 20.6. The van der Waals surface area contributed by atoms with Crippen molar-refractivity contribution in [3.05, 3.63) is 65.0 Å². The van der Waals surface area contributed by atoms with Crippen LogP contribution < -0.4 is 4.74 Å². The molecule has 0 bridgehead atoms. The van der Waals surface area contributed by atoms with Crippen LogP contribution in [0.1, 0.15) is 36.6 Å². The van der Waals surface area contributed by atoms with E-state index >= 15 is 0 Å². The number of Topliss-reactive ketones (excluding diaryl/α,β-unsaturated/α-hetero) is 1. The van der Waals surface area contributed by atoms with Gasteiger partial charge in [-0.25, -0.2) is 0 Å². The van der Waals surface area contributed by atoms with Gasteiger partial charge in [0.25, 0.3) is 11.7 Å². The fraction of sp³-hybridized carbons (Fsp3) is 0.444. The van der Waals surface area contributed by atoms with Gasteiger partial charge in [-0.15, -0.1) is 0 Å². The number of carbonyl (C=O) groups is 2. The van der Waals surface area contributed by atoms with Crippen molar-refractivity contribution in [1.29, 1.82) is 0 Å². The van der Waals surface area contributed by atoms with Gasteiger partial charge in [0.05, 0.1) is 31.4 Å². The molecular weight excluding hydrogens is 446 g/mol. The van der Waals surface area contributed by atoms with Gasteiger partial charge in [0, 0.05) is 44.1 Å². The van der Waals surface area contributed by atoms with Crippen molar-refractivity contribution in [3.63, 3.8) is 0 Å². The molecule has 2 aliphatic rings. The molecule has 1 unspecified atom stereocenters. The van der Waals surface area contributed by atoms with Crippen molar-refractivity contribution in [2.45, 2.75) is 26.8 Å². The number of aromatic nitrogens is 1. The Hall–Kier alpha value is -3.23. The third kappa shape index (κ3) is 5.55. The summed E-state index contributed by atoms with van der Waals surface area (Å²) in [7, 11) is 0. The largest absolute Gasteiger partial charge is 0.507 e. The molecule has 1 aromatic heterocycles. The van der Waals surface area contributed by atoms with Gasteiger partial charge in [0.2, 0.25) is 0 Å². The number of ketones is 1. The summed E-state index contributed by atoms with van der Waals surface area (Å²) in [6, 6.07) is 8.18. The molecule has 0 radical (unpaired) electrons. The number of aliphatic hydroxyl groups excluding tert-OH is 1. The van der Waals surface area contributed by atoms with E-state index < -0.39 is 17.7 Å². The second-order valence-electron chi connectivity index (χ2n) is 9.42. The van der Waals surface area contributed by atoms with Crippen LogP contribution in [-0.4, -0.2) is 77.6 Å². The molecule has 2 fully saturated rings. The number of pyridine rings is 1. The first-order valence-corrected chi connectivity index (χ1v) is 12.1. The predicted octanol–water partition coefficient (Wildman–Crippen LogP) is 3.18. The number of likely N-dealkylation sites (tertiary alicyclic amines) is 1. The Balaban J connectivity index is 1.67. The molecule has 35 heavy (non-hydrogen) atoms. The Kier molecular flexibility index (Phi) is 7.83. The van der Waals surface area contributed by atoms with Crippen LogP contribution in [-0.2, 0) is 14.3 Å². The van der Waals surface area contributed by atoms with Crippen LogP contribution in [0.2, 0.25) is 0 Å². The van der Waals surface area contributed by atoms with Gasteiger partial charge in [0.15, 0.2) is 0 Å². The monoisotopic (exact) mass is 479 g/mol. The highest BCUT2D eigenvalue weighted by Crippen LogP contribution is 2.39. The number of aryl methyl sites for hydroxylation is 1. The Labute approximate surface area is 206 Å². The third-order valence-corrected chi connectivity index (χ3v) is 6.32. The van der Waals surface area contributed by atoms with E-state index in [4.69, 9.17) is 9.47 Å². The molecule has 4 rings (SSSR count). The highest BCUT2D eigenvalue weighted by molar-refractivity contribution is 6.46. The number of rotatable bonds is 8. The molecule has 0 saturated carbocycles. The standard InChI is InChI=1S/C27H33N3O5/c1-18(2)17-35-22-7-6-20(15-19(22)3)25(31)23-24(21-5-4-8-28-16-21)30(27(33)26(23)32)10-9-29-11-13-34-14-12-29/h4-8,15-16,18,24,31H,9-14,17H2,1-3H3/b25-23-. The van der Waals surface area contributed by atoms with Gasteiger partial charge in [-0.1, -0.05) is 19.9 Å². The average molecular weight is 480 g/mol. The first-order chi connectivity index (χ1) is 16.9. The highest BCUT2D eigenvalue weighted by Gasteiger charge is 2.46. The topological polar surface area (TPSA) is 92.2 Å². The predicted molar refractivity (Wildman–Crippen MR) is 132 cm³/mol. The minimum atomic E-state index is -0.707. The lowest BCUT2D eigenvalue weighted by Gasteiger charge is -2.30. The molecule has 1 amide bonds. The van der Waals surface area contributed by atoms with E-state index in [1.54, 1.807) is 41.6 Å². The van der Waals surface area contributed by atoms with Crippen molar-refractivity contribution < 1.29 is 24.2 Å². The van der Waals surface area contributed by atoms with Crippen LogP contribution in [0.3, 0.4) is 0 Å². The summed E-state index contributed by atoms with van der Waals surface area (Å²) in [6.07, 6.45) is 3.28. The zero-order chi connectivity index (χ0) is 24.9. The Bertz CT molecular complexity index is 1090. The summed E-state index contributed by atoms with van der Waals surface area (Å²) in [5.41, 5.74) is 2.08. The molecule has 2 aromatic rings. The second kappa shape index (κ2) is 11.0. The lowest BCUT2D eigenvalue weighted by atomic mass is 9.95. The fourth-order valence-corrected chi connectivity index (χ4v) is 4.44. The van der Waals surface area contributed by atoms with Crippen molar-refractivity contribution in [2.75, 3.05) is 46.0 Å². The van der Waals surface area contributed by atoms with Crippen LogP contribution in [0.15, 0.2) is 48.3 Å². The van der Waals surface area contributed by atoms with Crippen molar-refractivity contribution >= 4 is 17.4 Å². The van der Waals surface area contributed by atoms with E-state index in [9.17, 15) is 14.7 Å². The zero-order valence-electron chi connectivity index (χ0n) is 20.6. The molecule has 2 aliphatic heterocycles. The number of aliphatic hydroxyl groups is 1. The summed E-state index contributed by atoms with van der Waals surface area (Å²) in [4.78, 5) is 34.3. The van der Waals surface area contributed by atoms with E-state index in [0.717, 1.165) is 24.4 Å². The lowest BCUT2D eigenvalue weighted by molar-refractivity contribution is -0.140. The molecule has 8 heteroatoms. The van der Waals surface area contributed by atoms with Crippen LogP contribution in [0.4, 0.5) is 0 Å². The highest BCUT2D eigenvalue weighted by atomic mass is 16.5. The van der Waals surface area contributed by atoms with Gasteiger partial charge in [-0.2, -0.15) is 0 Å². The van der Waals surface area contributed by atoms with Gasteiger partial charge in [-0.3, -0.25) is 19.5 Å². The number of amides is 1. The number of hydrogen-bond acceptors (Lipinski definition) is 7. The smallest absolute Gasteiger partial charge is 0.295 e. The second-order valence-corrected chi connectivity index (χ2v) is 9.42. The number of morpholine rings is 1. The minimum Gasteiger partial charge on any atom is -0.507 e. The summed E-state index contributed by atoms with van der Waals surface area (Å²) in [5.74, 6) is -0.372. The molecule has 186 valence electrons. The van der Waals surface area contributed by atoms with Gasteiger partial charge in [-0.05, 0) is 48.2 Å². The van der Waals surface area contributed by atoms with E-state index in [2.05, 4.69) is 23.7 Å². The summed E-state index contributed by atoms with van der Waals surface area (Å²) in [6.45, 7) is 10.5. The molecule has 1 aromatic carbocycles. The maximum absolute atomic E-state index is 13.2. The average Bonchev–Trinajstić information content (AvgIpc) is 3.12. The quantitative estimate of drug-likeness (QED) is 0.353. The number of nitrogens with zero attached hydrogens (tertiary/aromatic N) is 3. The number of hydrogen-bond donors (Lipinski definition) is 1. The normalized spacial score (nSPS) is 20.6. The molecule has 3 heterocycles. The molecule has 0 spiro atoms. The first-order valence-electron chi connectivity index (χ1n) is 12.1. The Morgan fingerprint density at radius 3 is 2.63 bits per heavy atom. The van der Waals surface area contributed by atoms with Crippen molar-refractivity contribution in [1.82, 2.24) is 14.8 Å². The minimum absolute atomic E-state index is 0.0835. The van der Waals surface area contributed by atoms with Gasteiger partial charge >= 0.3 is 0 Å². The number of carbonyl (C=O) groups excluding carboxylic acids is 2. The van der Waals surface area contributed by atoms with Crippen LogP contribution in [0.5, 0.6) is 5.75 Å². The van der Waals surface area contributed by atoms with Gasteiger partial charge < -0.3 is 19.5 Å². The molecule has 2 saturated heterocycles. The van der Waals surface area contributed by atoms with Crippen LogP contribution in [0.25, 0.3) is 5.76 Å². The van der Waals surface area contributed by atoms with Crippen LogP contribution >= 0.6 is 0 Å². The number of benzene rings is 1. The fourth-order valence-electron chi connectivity index (χ4n) is 4.44. The third-order valence-electron chi connectivity index (χ3n) is 6.32. The van der Waals surface area contributed by atoms with Crippen molar-refractivity contribution in [2.24, 2.45) is 5.92 Å². The summed E-state index contributed by atoms with van der Waals surface area (Å²) in [5, 5.41) is 11.3. The molecular formula is C27H33N3O5. The Morgan fingerprint density at radius 2 is 1.97 bits per heavy atom. The van der Waals surface area contributed by atoms with Crippen molar-refractivity contribution in [3.8, 4) is 5.75 Å². The molecule has 8 nitrogen and oxygen atoms in total. The first kappa shape index (κ1) is 24.9. The molecule has 0 aliphatic carbocycles. The Morgan fingerprint density at radius 1 is 1.20 bits per heavy atom. The lowest BCUT2D eigenvalue weighted by Crippen LogP contribution is -2.42. The number of ether oxygens (including phenoxy) is 2. The maximum Gasteiger partial charge on any atom is 0.295 e.